The van der Waals surface area contributed by atoms with Gasteiger partial charge >= 0.3 is 17.7 Å². The minimum absolute atomic E-state index is 0.0280. The molecule has 15 heteroatoms. The SMILES string of the molecule is CO[C@H]1/C=C/O[C@@]2(C)Oc3c(C)c(OC(=O)c4ccccc4)c4c(c3C2=O)C(=O)C(N(C)C)=C(NC(=O)/C(C)=C\C=C\[C@H](C)[C@H](O)[C@@H](C)[C@H](O)[C@H](C)[C@H](OC(C)=O)[C@@H]1C)C4=O. The number of amides is 1. The van der Waals surface area contributed by atoms with Crippen molar-refractivity contribution in [3.8, 4) is 11.5 Å². The van der Waals surface area contributed by atoms with Crippen molar-refractivity contribution < 1.29 is 62.7 Å². The van der Waals surface area contributed by atoms with Crippen LogP contribution < -0.4 is 14.8 Å². The highest BCUT2D eigenvalue weighted by Crippen LogP contribution is 2.49. The van der Waals surface area contributed by atoms with E-state index in [1.54, 1.807) is 58.0 Å². The summed E-state index contributed by atoms with van der Waals surface area (Å²) in [5.41, 5.74) is -1.54. The van der Waals surface area contributed by atoms with Crippen molar-refractivity contribution in [3.63, 3.8) is 0 Å². The van der Waals surface area contributed by atoms with Gasteiger partial charge in [0.05, 0.1) is 46.8 Å². The third-order valence-corrected chi connectivity index (χ3v) is 11.6. The smallest absolute Gasteiger partial charge is 0.343 e. The molecule has 9 atom stereocenters. The molecule has 0 unspecified atom stereocenters. The van der Waals surface area contributed by atoms with E-state index in [9.17, 15) is 39.0 Å². The number of likely N-dealkylation sites (N-methyl/N-ethyl adjacent to an activating group) is 1. The predicted octanol–water partition coefficient (Wildman–Crippen LogP) is 5.03. The number of hydrogen-bond donors (Lipinski definition) is 3. The van der Waals surface area contributed by atoms with Crippen LogP contribution in [0.3, 0.4) is 0 Å². The average Bonchev–Trinajstić information content (AvgIpc) is 3.48. The van der Waals surface area contributed by atoms with Gasteiger partial charge in [0.2, 0.25) is 11.6 Å². The topological polar surface area (TPSA) is 204 Å². The van der Waals surface area contributed by atoms with Crippen LogP contribution in [0.4, 0.5) is 0 Å². The fourth-order valence-corrected chi connectivity index (χ4v) is 7.94. The first-order valence-corrected chi connectivity index (χ1v) is 20.0. The number of Topliss-reactive ketones (excluding diaryl/α,β-unsaturated/α-hetero) is 3. The first kappa shape index (κ1) is 46.2. The molecule has 0 aromatic heterocycles. The average molecular weight is 843 g/mol. The highest BCUT2D eigenvalue weighted by molar-refractivity contribution is 6.32. The third-order valence-electron chi connectivity index (χ3n) is 11.6. The lowest BCUT2D eigenvalue weighted by molar-refractivity contribution is -0.160. The molecule has 1 aliphatic carbocycles. The maximum atomic E-state index is 14.8. The van der Waals surface area contributed by atoms with E-state index in [1.165, 1.54) is 84.3 Å². The van der Waals surface area contributed by atoms with Gasteiger partial charge in [-0.2, -0.15) is 0 Å². The Labute approximate surface area is 355 Å². The van der Waals surface area contributed by atoms with Gasteiger partial charge in [-0.15, -0.1) is 0 Å². The van der Waals surface area contributed by atoms with Crippen molar-refractivity contribution in [1.82, 2.24) is 10.2 Å². The highest BCUT2D eigenvalue weighted by atomic mass is 16.7. The second kappa shape index (κ2) is 18.4. The van der Waals surface area contributed by atoms with Gasteiger partial charge in [-0.25, -0.2) is 4.79 Å². The molecule has 61 heavy (non-hydrogen) atoms. The van der Waals surface area contributed by atoms with Gasteiger partial charge in [-0.05, 0) is 32.1 Å². The van der Waals surface area contributed by atoms with E-state index in [1.807, 2.05) is 0 Å². The van der Waals surface area contributed by atoms with Crippen LogP contribution in [0.1, 0.15) is 95.5 Å². The lowest BCUT2D eigenvalue weighted by atomic mass is 9.78. The summed E-state index contributed by atoms with van der Waals surface area (Å²) in [6, 6.07) is 7.93. The number of esters is 2. The van der Waals surface area contributed by atoms with Crippen LogP contribution >= 0.6 is 0 Å². The van der Waals surface area contributed by atoms with Crippen LogP contribution in [-0.2, 0) is 23.8 Å². The van der Waals surface area contributed by atoms with Crippen molar-refractivity contribution in [2.45, 2.75) is 85.6 Å². The van der Waals surface area contributed by atoms with Crippen LogP contribution in [0.15, 0.2) is 77.9 Å². The van der Waals surface area contributed by atoms with Gasteiger partial charge < -0.3 is 44.1 Å². The second-order valence-electron chi connectivity index (χ2n) is 16.1. The van der Waals surface area contributed by atoms with E-state index in [2.05, 4.69) is 5.32 Å². The number of fused-ring (bicyclic) bond motifs is 14. The Balaban J connectivity index is 1.72. The van der Waals surface area contributed by atoms with E-state index in [4.69, 9.17) is 23.7 Å². The summed E-state index contributed by atoms with van der Waals surface area (Å²) in [4.78, 5) is 85.2. The third kappa shape index (κ3) is 8.95. The van der Waals surface area contributed by atoms with Gasteiger partial charge in [-0.3, -0.25) is 24.0 Å². The molecule has 0 saturated carbocycles. The summed E-state index contributed by atoms with van der Waals surface area (Å²) in [6.07, 6.45) is 3.28. The number of rotatable bonds is 5. The monoisotopic (exact) mass is 842 g/mol. The first-order valence-electron chi connectivity index (χ1n) is 20.0. The lowest BCUT2D eigenvalue weighted by Crippen LogP contribution is -2.46. The summed E-state index contributed by atoms with van der Waals surface area (Å²) in [5.74, 6) is -10.1. The lowest BCUT2D eigenvalue weighted by Gasteiger charge is -2.38. The molecule has 5 bridgehead atoms. The Kier molecular flexibility index (Phi) is 13.9. The number of nitrogens with one attached hydrogen (secondary N) is 1. The molecular formula is C46H54N2O13. The number of hydrogen-bond acceptors (Lipinski definition) is 14. The van der Waals surface area contributed by atoms with Crippen LogP contribution in [0.5, 0.6) is 11.5 Å². The van der Waals surface area contributed by atoms with Crippen molar-refractivity contribution in [3.05, 3.63) is 106 Å². The molecule has 15 nitrogen and oxygen atoms in total. The number of benzene rings is 2. The number of methoxy groups -OCH3 is 1. The quantitative estimate of drug-likeness (QED) is 0.267. The number of carbonyl (C=O) groups is 6. The van der Waals surface area contributed by atoms with Crippen molar-refractivity contribution in [2.75, 3.05) is 21.2 Å². The standard InChI is InChI=1S/C46H54N2O13/c1-22-16-15-17-23(2)44(55)47-34-35(48(9)10)39(53)31-32(38(34)52)41(60-45(56)29-18-13-12-14-19-29)27(6)42-33(31)43(54)46(8,61-42)58-21-20-30(57-11)24(3)40(59-28(7)49)26(5)37(51)25(4)36(22)50/h12-22,24-26,30,36-37,40,50-51H,1-11H3,(H,47,55)/b16-15+,21-20+,23-17-/t22-,24+,25+,26-,30-,36-,37-,40+,46-/m0/s1. The number of carbonyl (C=O) groups excluding carboxylic acids is 6. The summed E-state index contributed by atoms with van der Waals surface area (Å²) < 4.78 is 29.6. The Hall–Kier alpha value is -5.90. The number of aliphatic hydroxyl groups excluding tert-OH is 2. The van der Waals surface area contributed by atoms with Crippen molar-refractivity contribution in [2.24, 2.45) is 23.7 Å². The van der Waals surface area contributed by atoms with E-state index in [0.29, 0.717) is 0 Å². The Morgan fingerprint density at radius 2 is 1.52 bits per heavy atom. The Bertz CT molecular complexity index is 2240. The molecule has 0 saturated heterocycles. The maximum absolute atomic E-state index is 14.8. The molecule has 0 spiro atoms. The van der Waals surface area contributed by atoms with Crippen LogP contribution in [-0.4, -0.2) is 102 Å². The van der Waals surface area contributed by atoms with E-state index >= 15 is 0 Å². The highest BCUT2D eigenvalue weighted by Gasteiger charge is 2.53. The summed E-state index contributed by atoms with van der Waals surface area (Å²) in [6.45, 7) is 12.3. The number of nitrogens with zero attached hydrogens (tertiary/aromatic N) is 1. The van der Waals surface area contributed by atoms with Gasteiger partial charge in [0, 0.05) is 69.9 Å². The molecule has 3 N–H and O–H groups in total. The molecule has 0 fully saturated rings. The van der Waals surface area contributed by atoms with E-state index in [0.717, 1.165) is 0 Å². The zero-order valence-electron chi connectivity index (χ0n) is 36.2. The second-order valence-corrected chi connectivity index (χ2v) is 16.1. The molecule has 326 valence electrons. The van der Waals surface area contributed by atoms with Gasteiger partial charge in [-0.1, -0.05) is 64.1 Å². The van der Waals surface area contributed by atoms with Crippen molar-refractivity contribution >= 4 is 35.2 Å². The molecule has 3 heterocycles. The minimum Gasteiger partial charge on any atom is -0.462 e. The predicted molar refractivity (Wildman–Crippen MR) is 222 cm³/mol. The number of ether oxygens (including phenoxy) is 5. The first-order chi connectivity index (χ1) is 28.7. The zero-order chi connectivity index (χ0) is 45.2. The number of allylic oxidation sites excluding steroid dienone is 4. The fraction of sp³-hybridized carbons (Fsp3) is 0.435. The number of ketones is 3. The Morgan fingerprint density at radius 3 is 2.13 bits per heavy atom. The fourth-order valence-electron chi connectivity index (χ4n) is 7.94. The summed E-state index contributed by atoms with van der Waals surface area (Å²) in [5, 5.41) is 25.5. The molecule has 2 aromatic rings. The number of aliphatic hydroxyl groups is 2. The molecule has 3 aliphatic heterocycles. The van der Waals surface area contributed by atoms with Crippen molar-refractivity contribution in [1.29, 1.82) is 0 Å². The summed E-state index contributed by atoms with van der Waals surface area (Å²) >= 11 is 0. The normalized spacial score (nSPS) is 30.3. The Morgan fingerprint density at radius 1 is 0.869 bits per heavy atom. The van der Waals surface area contributed by atoms with Gasteiger partial charge in [0.15, 0.2) is 0 Å². The zero-order valence-corrected chi connectivity index (χ0v) is 36.2. The van der Waals surface area contributed by atoms with E-state index < -0.39 is 106 Å². The van der Waals surface area contributed by atoms with Crippen LogP contribution in [0.2, 0.25) is 0 Å². The summed E-state index contributed by atoms with van der Waals surface area (Å²) in [7, 11) is 4.40. The molecule has 6 rings (SSSR count). The van der Waals surface area contributed by atoms with Gasteiger partial charge in [0.25, 0.3) is 11.7 Å². The largest absolute Gasteiger partial charge is 0.462 e. The molecular weight excluding hydrogens is 789 g/mol. The van der Waals surface area contributed by atoms with E-state index in [-0.39, 0.29) is 39.5 Å². The molecule has 0 radical (unpaired) electrons. The molecule has 2 aromatic carbocycles. The molecule has 1 amide bonds. The minimum atomic E-state index is -2.13. The van der Waals surface area contributed by atoms with Crippen LogP contribution in [0, 0.1) is 30.6 Å². The van der Waals surface area contributed by atoms with Gasteiger partial charge in [0.1, 0.15) is 29.0 Å². The maximum Gasteiger partial charge on any atom is 0.343 e. The van der Waals surface area contributed by atoms with Crippen LogP contribution in [0.25, 0.3) is 0 Å². The molecule has 4 aliphatic rings.